The number of amides is 1. The van der Waals surface area contributed by atoms with Crippen LogP contribution in [0.25, 0.3) is 0 Å². The van der Waals surface area contributed by atoms with E-state index in [-0.39, 0.29) is 30.1 Å². The second-order valence-electron chi connectivity index (χ2n) is 7.51. The second kappa shape index (κ2) is 10.3. The van der Waals surface area contributed by atoms with Crippen LogP contribution in [0.2, 0.25) is 0 Å². The van der Waals surface area contributed by atoms with Gasteiger partial charge in [-0.1, -0.05) is 0 Å². The van der Waals surface area contributed by atoms with Crippen LogP contribution in [0.5, 0.6) is 11.5 Å². The number of nitrogens with one attached hydrogen (secondary N) is 1. The number of ether oxygens (including phenoxy) is 4. The molecular weight excluding hydrogens is 419 g/mol. The van der Waals surface area contributed by atoms with Gasteiger partial charge in [-0.2, -0.15) is 0 Å². The van der Waals surface area contributed by atoms with Crippen molar-refractivity contribution in [3.05, 3.63) is 47.8 Å². The minimum atomic E-state index is -0.541. The normalized spacial score (nSPS) is 18.1. The quantitative estimate of drug-likeness (QED) is 0.654. The molecule has 0 spiro atoms. The maximum atomic E-state index is 14.8. The molecule has 1 N–H and O–H groups in total. The smallest absolute Gasteiger partial charge is 0.343 e. The van der Waals surface area contributed by atoms with Crippen LogP contribution in [0, 0.1) is 5.82 Å². The van der Waals surface area contributed by atoms with Crippen molar-refractivity contribution in [2.75, 3.05) is 44.1 Å². The van der Waals surface area contributed by atoms with Crippen molar-refractivity contribution < 1.29 is 32.9 Å². The van der Waals surface area contributed by atoms with Gasteiger partial charge in [-0.3, -0.25) is 4.79 Å². The summed E-state index contributed by atoms with van der Waals surface area (Å²) in [5.41, 5.74) is 1.09. The van der Waals surface area contributed by atoms with Crippen LogP contribution in [0.1, 0.15) is 24.2 Å². The van der Waals surface area contributed by atoms with Crippen LogP contribution in [0.15, 0.2) is 36.4 Å². The van der Waals surface area contributed by atoms with Gasteiger partial charge < -0.3 is 29.2 Å². The summed E-state index contributed by atoms with van der Waals surface area (Å²) in [5, 5.41) is 2.68. The van der Waals surface area contributed by atoms with Crippen LogP contribution in [0.3, 0.4) is 0 Å². The summed E-state index contributed by atoms with van der Waals surface area (Å²) in [6.07, 6.45) is 0.0131. The van der Waals surface area contributed by atoms with Crippen LogP contribution in [0.4, 0.5) is 15.8 Å². The SMILES string of the molecule is COC(=O)COc1ccc(C(=O)Nc2ccc(N3CC(C)OC(C)C3)c(F)c2)cc1OC. The van der Waals surface area contributed by atoms with E-state index in [1.54, 1.807) is 12.1 Å². The first-order chi connectivity index (χ1) is 15.3. The van der Waals surface area contributed by atoms with E-state index in [4.69, 9.17) is 14.2 Å². The van der Waals surface area contributed by atoms with Crippen LogP contribution >= 0.6 is 0 Å². The molecule has 2 aromatic carbocycles. The molecule has 1 amide bonds. The average Bonchev–Trinajstić information content (AvgIpc) is 2.76. The number of carbonyl (C=O) groups excluding carboxylic acids is 2. The summed E-state index contributed by atoms with van der Waals surface area (Å²) in [6.45, 7) is 4.81. The van der Waals surface area contributed by atoms with Crippen molar-refractivity contribution in [2.45, 2.75) is 26.1 Å². The van der Waals surface area contributed by atoms with Crippen molar-refractivity contribution in [3.63, 3.8) is 0 Å². The fraction of sp³-hybridized carbons (Fsp3) is 0.391. The van der Waals surface area contributed by atoms with Gasteiger partial charge in [0.15, 0.2) is 18.1 Å². The largest absolute Gasteiger partial charge is 0.493 e. The molecule has 2 aromatic rings. The van der Waals surface area contributed by atoms with Crippen LogP contribution in [-0.2, 0) is 14.3 Å². The first kappa shape index (κ1) is 23.3. The Morgan fingerprint density at radius 3 is 2.44 bits per heavy atom. The molecule has 1 saturated heterocycles. The summed E-state index contributed by atoms with van der Waals surface area (Å²) in [5.74, 6) is -0.838. The molecule has 1 aliphatic rings. The van der Waals surface area contributed by atoms with E-state index in [9.17, 15) is 14.0 Å². The number of nitrogens with zero attached hydrogens (tertiary/aromatic N) is 1. The molecule has 2 unspecified atom stereocenters. The summed E-state index contributed by atoms with van der Waals surface area (Å²) >= 11 is 0. The molecule has 0 saturated carbocycles. The molecule has 1 fully saturated rings. The molecule has 8 nitrogen and oxygen atoms in total. The van der Waals surface area contributed by atoms with Gasteiger partial charge >= 0.3 is 5.97 Å². The first-order valence-corrected chi connectivity index (χ1v) is 10.2. The van der Waals surface area contributed by atoms with Crippen LogP contribution in [-0.4, -0.2) is 58.0 Å². The third-order valence-electron chi connectivity index (χ3n) is 4.96. The van der Waals surface area contributed by atoms with E-state index < -0.39 is 17.7 Å². The van der Waals surface area contributed by atoms with Gasteiger partial charge in [-0.15, -0.1) is 0 Å². The predicted octanol–water partition coefficient (Wildman–Crippen LogP) is 3.25. The number of rotatable bonds is 7. The van der Waals surface area contributed by atoms with Gasteiger partial charge in [0.25, 0.3) is 5.91 Å². The Labute approximate surface area is 186 Å². The van der Waals surface area contributed by atoms with Gasteiger partial charge in [0.05, 0.1) is 32.1 Å². The highest BCUT2D eigenvalue weighted by atomic mass is 19.1. The molecule has 0 aromatic heterocycles. The highest BCUT2D eigenvalue weighted by molar-refractivity contribution is 6.04. The number of hydrogen-bond donors (Lipinski definition) is 1. The van der Waals surface area contributed by atoms with Gasteiger partial charge in [0.1, 0.15) is 5.82 Å². The fourth-order valence-corrected chi connectivity index (χ4v) is 3.54. The Bertz CT molecular complexity index is 973. The summed E-state index contributed by atoms with van der Waals surface area (Å²) in [4.78, 5) is 25.9. The molecule has 0 aliphatic carbocycles. The molecule has 1 heterocycles. The monoisotopic (exact) mass is 446 g/mol. The van der Waals surface area contributed by atoms with E-state index in [2.05, 4.69) is 10.1 Å². The van der Waals surface area contributed by atoms with Crippen LogP contribution < -0.4 is 19.7 Å². The molecule has 3 rings (SSSR count). The number of halogens is 1. The van der Waals surface area contributed by atoms with Crippen molar-refractivity contribution in [2.24, 2.45) is 0 Å². The van der Waals surface area contributed by atoms with Gasteiger partial charge in [0, 0.05) is 24.3 Å². The van der Waals surface area contributed by atoms with Crippen molar-refractivity contribution in [1.29, 1.82) is 0 Å². The van der Waals surface area contributed by atoms with E-state index in [0.29, 0.717) is 30.2 Å². The van der Waals surface area contributed by atoms with Crippen molar-refractivity contribution in [3.8, 4) is 11.5 Å². The lowest BCUT2D eigenvalue weighted by atomic mass is 10.1. The Balaban J connectivity index is 1.70. The third-order valence-corrected chi connectivity index (χ3v) is 4.96. The Morgan fingerprint density at radius 1 is 1.09 bits per heavy atom. The van der Waals surface area contributed by atoms with E-state index in [1.807, 2.05) is 18.7 Å². The predicted molar refractivity (Wildman–Crippen MR) is 117 cm³/mol. The second-order valence-corrected chi connectivity index (χ2v) is 7.51. The van der Waals surface area contributed by atoms with E-state index in [0.717, 1.165) is 0 Å². The van der Waals surface area contributed by atoms with Gasteiger partial charge in [0.2, 0.25) is 0 Å². The molecule has 9 heteroatoms. The lowest BCUT2D eigenvalue weighted by molar-refractivity contribution is -0.142. The molecule has 172 valence electrons. The number of morpholine rings is 1. The lowest BCUT2D eigenvalue weighted by Gasteiger charge is -2.37. The number of methoxy groups -OCH3 is 2. The van der Waals surface area contributed by atoms with E-state index >= 15 is 0 Å². The first-order valence-electron chi connectivity index (χ1n) is 10.2. The highest BCUT2D eigenvalue weighted by Crippen LogP contribution is 2.29. The van der Waals surface area contributed by atoms with E-state index in [1.165, 1.54) is 38.5 Å². The number of hydrogen-bond acceptors (Lipinski definition) is 7. The molecule has 1 aliphatic heterocycles. The number of anilines is 2. The fourth-order valence-electron chi connectivity index (χ4n) is 3.54. The minimum Gasteiger partial charge on any atom is -0.493 e. The molecule has 0 bridgehead atoms. The Morgan fingerprint density at radius 2 is 1.81 bits per heavy atom. The van der Waals surface area contributed by atoms with Gasteiger partial charge in [-0.25, -0.2) is 9.18 Å². The molecular formula is C23H27FN2O6. The zero-order chi connectivity index (χ0) is 23.3. The average molecular weight is 446 g/mol. The maximum Gasteiger partial charge on any atom is 0.343 e. The lowest BCUT2D eigenvalue weighted by Crippen LogP contribution is -2.45. The summed E-state index contributed by atoms with van der Waals surface area (Å²) < 4.78 is 35.6. The minimum absolute atomic E-state index is 0.00656. The molecule has 32 heavy (non-hydrogen) atoms. The summed E-state index contributed by atoms with van der Waals surface area (Å²) in [6, 6.07) is 9.12. The summed E-state index contributed by atoms with van der Waals surface area (Å²) in [7, 11) is 2.68. The highest BCUT2D eigenvalue weighted by Gasteiger charge is 2.24. The number of esters is 1. The topological polar surface area (TPSA) is 86.3 Å². The number of carbonyl (C=O) groups is 2. The Kier molecular flexibility index (Phi) is 7.53. The zero-order valence-corrected chi connectivity index (χ0v) is 18.5. The zero-order valence-electron chi connectivity index (χ0n) is 18.5. The Hall–Kier alpha value is -3.33. The standard InChI is InChI=1S/C23H27FN2O6/c1-14-11-26(12-15(2)32-14)19-7-6-17(10-18(19)24)25-23(28)16-5-8-20(21(9-16)29-3)31-13-22(27)30-4/h5-10,14-15H,11-13H2,1-4H3,(H,25,28). The van der Waals surface area contributed by atoms with Crippen molar-refractivity contribution in [1.82, 2.24) is 0 Å². The maximum absolute atomic E-state index is 14.8. The third kappa shape index (κ3) is 5.67. The number of benzene rings is 2. The van der Waals surface area contributed by atoms with Crippen molar-refractivity contribution >= 4 is 23.3 Å². The van der Waals surface area contributed by atoms with Gasteiger partial charge in [-0.05, 0) is 50.2 Å². The molecule has 0 radical (unpaired) electrons. The molecule has 2 atom stereocenters.